The van der Waals surface area contributed by atoms with Gasteiger partial charge in [-0.15, -0.1) is 0 Å². The lowest BCUT2D eigenvalue weighted by Crippen LogP contribution is -2.14. The van der Waals surface area contributed by atoms with Crippen LogP contribution in [0.5, 0.6) is 5.75 Å². The van der Waals surface area contributed by atoms with E-state index in [0.717, 1.165) is 0 Å². The molecule has 0 aliphatic heterocycles. The summed E-state index contributed by atoms with van der Waals surface area (Å²) < 4.78 is 5.02. The summed E-state index contributed by atoms with van der Waals surface area (Å²) in [5, 5.41) is 11.5. The second-order valence-corrected chi connectivity index (χ2v) is 4.29. The van der Waals surface area contributed by atoms with E-state index in [0.29, 0.717) is 22.7 Å². The maximum absolute atomic E-state index is 12.1. The van der Waals surface area contributed by atoms with Crippen molar-refractivity contribution in [2.45, 2.75) is 0 Å². The van der Waals surface area contributed by atoms with Crippen molar-refractivity contribution < 1.29 is 19.4 Å². The van der Waals surface area contributed by atoms with Gasteiger partial charge in [0.1, 0.15) is 5.75 Å². The van der Waals surface area contributed by atoms with Gasteiger partial charge in [0.25, 0.3) is 5.91 Å². The van der Waals surface area contributed by atoms with E-state index in [1.165, 1.54) is 31.4 Å². The van der Waals surface area contributed by atoms with Crippen molar-refractivity contribution in [1.29, 1.82) is 0 Å². The number of aromatic carboxylic acids is 1. The highest BCUT2D eigenvalue weighted by atomic mass is 16.5. The van der Waals surface area contributed by atoms with E-state index in [9.17, 15) is 9.59 Å². The van der Waals surface area contributed by atoms with Crippen LogP contribution < -0.4 is 15.8 Å². The zero-order chi connectivity index (χ0) is 15.4. The number of hydrogen-bond donors (Lipinski definition) is 3. The normalized spacial score (nSPS) is 9.95. The highest BCUT2D eigenvalue weighted by Crippen LogP contribution is 2.21. The number of ether oxygens (including phenoxy) is 1. The van der Waals surface area contributed by atoms with Gasteiger partial charge in [-0.3, -0.25) is 4.79 Å². The van der Waals surface area contributed by atoms with Crippen molar-refractivity contribution in [3.05, 3.63) is 53.6 Å². The van der Waals surface area contributed by atoms with Crippen molar-refractivity contribution >= 4 is 23.3 Å². The molecule has 0 radical (unpaired) electrons. The summed E-state index contributed by atoms with van der Waals surface area (Å²) in [6.07, 6.45) is 0. The first-order chi connectivity index (χ1) is 10.0. The third-order valence-corrected chi connectivity index (χ3v) is 2.89. The van der Waals surface area contributed by atoms with Crippen molar-refractivity contribution in [3.8, 4) is 5.75 Å². The van der Waals surface area contributed by atoms with E-state index in [1.807, 2.05) is 0 Å². The number of hydrogen-bond acceptors (Lipinski definition) is 4. The molecule has 0 atom stereocenters. The third kappa shape index (κ3) is 3.30. The number of anilines is 2. The molecular weight excluding hydrogens is 272 g/mol. The van der Waals surface area contributed by atoms with Crippen LogP contribution in [0.2, 0.25) is 0 Å². The SMILES string of the molecule is COc1ccc(C(=O)Nc2ccc(C(=O)O)cc2)c(N)c1. The number of amides is 1. The number of carboxylic acids is 1. The molecule has 4 N–H and O–H groups in total. The van der Waals surface area contributed by atoms with Crippen LogP contribution in [0.25, 0.3) is 0 Å². The van der Waals surface area contributed by atoms with Gasteiger partial charge in [0.2, 0.25) is 0 Å². The minimum atomic E-state index is -1.02. The molecule has 2 aromatic rings. The zero-order valence-electron chi connectivity index (χ0n) is 11.3. The van der Waals surface area contributed by atoms with Crippen LogP contribution in [0.15, 0.2) is 42.5 Å². The van der Waals surface area contributed by atoms with Crippen LogP contribution in [0.4, 0.5) is 11.4 Å². The Morgan fingerprint density at radius 1 is 1.14 bits per heavy atom. The molecule has 0 aliphatic carbocycles. The van der Waals surface area contributed by atoms with Gasteiger partial charge in [0.05, 0.1) is 18.2 Å². The second kappa shape index (κ2) is 5.96. The smallest absolute Gasteiger partial charge is 0.335 e. The number of methoxy groups -OCH3 is 1. The molecule has 0 spiro atoms. The summed E-state index contributed by atoms with van der Waals surface area (Å²) in [6, 6.07) is 10.6. The number of benzene rings is 2. The van der Waals surface area contributed by atoms with Crippen molar-refractivity contribution in [1.82, 2.24) is 0 Å². The Morgan fingerprint density at radius 3 is 2.33 bits per heavy atom. The number of rotatable bonds is 4. The molecule has 0 heterocycles. The summed E-state index contributed by atoms with van der Waals surface area (Å²) in [5.74, 6) is -0.833. The number of carbonyl (C=O) groups is 2. The molecule has 0 saturated heterocycles. The van der Waals surface area contributed by atoms with Crippen LogP contribution in [0.1, 0.15) is 20.7 Å². The highest BCUT2D eigenvalue weighted by molar-refractivity contribution is 6.08. The Balaban J connectivity index is 2.16. The lowest BCUT2D eigenvalue weighted by molar-refractivity contribution is 0.0696. The van der Waals surface area contributed by atoms with Gasteiger partial charge in [-0.1, -0.05) is 0 Å². The van der Waals surface area contributed by atoms with Crippen LogP contribution in [0, 0.1) is 0 Å². The topological polar surface area (TPSA) is 102 Å². The molecule has 1 amide bonds. The Labute approximate surface area is 121 Å². The standard InChI is InChI=1S/C15H14N2O4/c1-21-11-6-7-12(13(16)8-11)14(18)17-10-4-2-9(3-5-10)15(19)20/h2-8H,16H2,1H3,(H,17,18)(H,19,20). The minimum Gasteiger partial charge on any atom is -0.497 e. The lowest BCUT2D eigenvalue weighted by Gasteiger charge is -2.09. The largest absolute Gasteiger partial charge is 0.497 e. The van der Waals surface area contributed by atoms with E-state index < -0.39 is 5.97 Å². The summed E-state index contributed by atoms with van der Waals surface area (Å²) in [5.41, 5.74) is 7.05. The van der Waals surface area contributed by atoms with Gasteiger partial charge in [-0.05, 0) is 36.4 Å². The van der Waals surface area contributed by atoms with Crippen LogP contribution in [0.3, 0.4) is 0 Å². The summed E-state index contributed by atoms with van der Waals surface area (Å²) in [7, 11) is 1.51. The van der Waals surface area contributed by atoms with E-state index in [1.54, 1.807) is 18.2 Å². The number of nitrogen functional groups attached to an aromatic ring is 1. The minimum absolute atomic E-state index is 0.150. The van der Waals surface area contributed by atoms with Crippen molar-refractivity contribution in [3.63, 3.8) is 0 Å². The maximum Gasteiger partial charge on any atom is 0.335 e. The molecule has 6 heteroatoms. The van der Waals surface area contributed by atoms with E-state index in [-0.39, 0.29) is 11.5 Å². The molecule has 108 valence electrons. The fourth-order valence-electron chi connectivity index (χ4n) is 1.77. The maximum atomic E-state index is 12.1. The zero-order valence-corrected chi connectivity index (χ0v) is 11.3. The Bertz CT molecular complexity index is 681. The van der Waals surface area contributed by atoms with Crippen LogP contribution in [-0.4, -0.2) is 24.1 Å². The quantitative estimate of drug-likeness (QED) is 0.748. The Hall–Kier alpha value is -3.02. The molecular formula is C15H14N2O4. The van der Waals surface area contributed by atoms with Gasteiger partial charge in [0.15, 0.2) is 0 Å². The molecule has 0 aromatic heterocycles. The van der Waals surface area contributed by atoms with Crippen LogP contribution in [-0.2, 0) is 0 Å². The number of carboxylic acid groups (broad SMARTS) is 1. The molecule has 0 unspecified atom stereocenters. The molecule has 6 nitrogen and oxygen atoms in total. The first-order valence-corrected chi connectivity index (χ1v) is 6.09. The van der Waals surface area contributed by atoms with Gasteiger partial charge in [0, 0.05) is 17.4 Å². The molecule has 21 heavy (non-hydrogen) atoms. The first-order valence-electron chi connectivity index (χ1n) is 6.09. The third-order valence-electron chi connectivity index (χ3n) is 2.89. The van der Waals surface area contributed by atoms with Crippen molar-refractivity contribution in [2.75, 3.05) is 18.2 Å². The predicted octanol–water partition coefficient (Wildman–Crippen LogP) is 2.23. The summed E-state index contributed by atoms with van der Waals surface area (Å²) in [6.45, 7) is 0. The number of carbonyl (C=O) groups excluding carboxylic acids is 1. The van der Waals surface area contributed by atoms with E-state index >= 15 is 0 Å². The fourth-order valence-corrected chi connectivity index (χ4v) is 1.77. The molecule has 0 saturated carbocycles. The molecule has 0 bridgehead atoms. The Morgan fingerprint density at radius 2 is 1.81 bits per heavy atom. The van der Waals surface area contributed by atoms with E-state index in [4.69, 9.17) is 15.6 Å². The van der Waals surface area contributed by atoms with Crippen molar-refractivity contribution in [2.24, 2.45) is 0 Å². The Kier molecular flexibility index (Phi) is 4.08. The van der Waals surface area contributed by atoms with Gasteiger partial charge < -0.3 is 20.9 Å². The predicted molar refractivity (Wildman–Crippen MR) is 78.8 cm³/mol. The average Bonchev–Trinajstić information content (AvgIpc) is 2.47. The highest BCUT2D eigenvalue weighted by Gasteiger charge is 2.11. The van der Waals surface area contributed by atoms with Crippen LogP contribution >= 0.6 is 0 Å². The van der Waals surface area contributed by atoms with Gasteiger partial charge >= 0.3 is 5.97 Å². The molecule has 2 aromatic carbocycles. The second-order valence-electron chi connectivity index (χ2n) is 4.29. The van der Waals surface area contributed by atoms with Gasteiger partial charge in [-0.2, -0.15) is 0 Å². The lowest BCUT2D eigenvalue weighted by atomic mass is 10.1. The number of nitrogens with two attached hydrogens (primary N) is 1. The first kappa shape index (κ1) is 14.4. The molecule has 0 fully saturated rings. The van der Waals surface area contributed by atoms with E-state index in [2.05, 4.69) is 5.32 Å². The number of nitrogens with one attached hydrogen (secondary N) is 1. The molecule has 2 rings (SSSR count). The van der Waals surface area contributed by atoms with Gasteiger partial charge in [-0.25, -0.2) is 4.79 Å². The summed E-state index contributed by atoms with van der Waals surface area (Å²) >= 11 is 0. The monoisotopic (exact) mass is 286 g/mol. The average molecular weight is 286 g/mol. The molecule has 0 aliphatic rings. The fraction of sp³-hybridized carbons (Fsp3) is 0.0667. The summed E-state index contributed by atoms with van der Waals surface area (Å²) in [4.78, 5) is 22.9.